The number of allylic oxidation sites excluding steroid dienone is 1. The van der Waals surface area contributed by atoms with Crippen LogP contribution < -0.4 is 5.32 Å². The van der Waals surface area contributed by atoms with E-state index in [0.717, 1.165) is 33.4 Å². The van der Waals surface area contributed by atoms with E-state index in [9.17, 15) is 19.8 Å². The first kappa shape index (κ1) is 41.2. The number of hydroxylamine groups is 2. The first-order chi connectivity index (χ1) is 30.2. The van der Waals surface area contributed by atoms with Crippen LogP contribution in [0.1, 0.15) is 39.8 Å². The number of nitrogens with one attached hydrogen (secondary N) is 1. The van der Waals surface area contributed by atoms with Crippen molar-refractivity contribution in [1.29, 1.82) is 0 Å². The number of carbonyl (C=O) groups excluding carboxylic acids is 3. The average Bonchev–Trinajstić information content (AvgIpc) is 3.89. The van der Waals surface area contributed by atoms with Crippen LogP contribution in [0.15, 0.2) is 146 Å². The van der Waals surface area contributed by atoms with Gasteiger partial charge in [0.1, 0.15) is 41.6 Å². The fraction of sp³-hybridized carbons (Fsp3) is 0.300. The van der Waals surface area contributed by atoms with E-state index in [0.29, 0.717) is 6.42 Å². The van der Waals surface area contributed by atoms with Gasteiger partial charge in [-0.2, -0.15) is 5.06 Å². The molecule has 0 aromatic heterocycles. The number of hydrogen-bond acceptors (Lipinski definition) is 10. The normalized spacial score (nSPS) is 25.2. The minimum atomic E-state index is -1.58. The molecule has 3 N–H and O–H groups in total. The van der Waals surface area contributed by atoms with Crippen molar-refractivity contribution in [3.63, 3.8) is 0 Å². The van der Waals surface area contributed by atoms with Gasteiger partial charge < -0.3 is 34.6 Å². The Morgan fingerprint density at radius 2 is 1.45 bits per heavy atom. The summed E-state index contributed by atoms with van der Waals surface area (Å²) in [5.74, 6) is -2.77. The molecule has 12 heteroatoms. The number of benzene rings is 5. The molecular formula is C50H49N3O9. The third-order valence-electron chi connectivity index (χ3n) is 12.6. The van der Waals surface area contributed by atoms with E-state index in [1.165, 1.54) is 4.90 Å². The highest BCUT2D eigenvalue weighted by atomic mass is 16.8. The number of esters is 1. The molecule has 3 saturated heterocycles. The van der Waals surface area contributed by atoms with Gasteiger partial charge in [0, 0.05) is 37.6 Å². The van der Waals surface area contributed by atoms with Crippen molar-refractivity contribution in [1.82, 2.24) is 15.3 Å². The summed E-state index contributed by atoms with van der Waals surface area (Å²) in [5.41, 5.74) is 3.15. The number of fused-ring (bicyclic) bond motifs is 4. The van der Waals surface area contributed by atoms with Gasteiger partial charge in [-0.3, -0.25) is 19.2 Å². The van der Waals surface area contributed by atoms with Crippen LogP contribution in [0.4, 0.5) is 0 Å². The molecule has 318 valence electrons. The molecule has 3 aliphatic heterocycles. The predicted octanol–water partition coefficient (Wildman–Crippen LogP) is 5.31. The fourth-order valence-electron chi connectivity index (χ4n) is 9.68. The van der Waals surface area contributed by atoms with Crippen LogP contribution in [0.2, 0.25) is 0 Å². The second-order valence-electron chi connectivity index (χ2n) is 16.3. The van der Waals surface area contributed by atoms with E-state index in [1.54, 1.807) is 24.2 Å². The van der Waals surface area contributed by atoms with Crippen LogP contribution in [-0.2, 0) is 58.6 Å². The zero-order valence-corrected chi connectivity index (χ0v) is 34.3. The molecule has 62 heavy (non-hydrogen) atoms. The number of aliphatic hydroxyl groups is 1. The average molecular weight is 836 g/mol. The summed E-state index contributed by atoms with van der Waals surface area (Å²) in [6.07, 6.45) is 0.982. The van der Waals surface area contributed by atoms with Gasteiger partial charge in [0.15, 0.2) is 6.04 Å². The topological polar surface area (TPSA) is 147 Å². The molecule has 4 fully saturated rings. The maximum Gasteiger partial charge on any atom is 0.327 e. The van der Waals surface area contributed by atoms with E-state index < -0.39 is 65.5 Å². The number of aromatic hydroxyl groups is 1. The zero-order chi connectivity index (χ0) is 42.8. The Balaban J connectivity index is 1.12. The zero-order valence-electron chi connectivity index (χ0n) is 34.3. The molecule has 4 aliphatic rings. The van der Waals surface area contributed by atoms with Gasteiger partial charge in [-0.1, -0.05) is 146 Å². The maximum atomic E-state index is 15.8. The Kier molecular flexibility index (Phi) is 11.5. The standard InChI is InChI=1S/C50H49N3O9/c1-52(39(46(56)51-28-29-54)30-33-16-5-2-6-17-33)48(58)49-31-41-42-43(61-50(60-42,37-23-7-3-8-24-37)38-25-9-4-10-26-38)45(49)62-53(44(49)47(57)59-41)32-36-20-12-11-18-34(36)21-15-22-35-19-13-14-27-40(35)55/h2-21,23-27,39,41-45,54-55H,22,28-32H2,1H3,(H,51,56). The smallest absolute Gasteiger partial charge is 0.327 e. The van der Waals surface area contributed by atoms with E-state index in [2.05, 4.69) is 5.32 Å². The highest BCUT2D eigenvalue weighted by Gasteiger charge is 2.77. The molecule has 12 nitrogen and oxygen atoms in total. The fourth-order valence-corrected chi connectivity index (χ4v) is 9.68. The number of phenols is 1. The van der Waals surface area contributed by atoms with E-state index >= 15 is 4.79 Å². The Morgan fingerprint density at radius 1 is 0.839 bits per heavy atom. The van der Waals surface area contributed by atoms with Gasteiger partial charge in [0.2, 0.25) is 17.6 Å². The first-order valence-corrected chi connectivity index (χ1v) is 21.0. The van der Waals surface area contributed by atoms with Crippen LogP contribution in [0.25, 0.3) is 6.08 Å². The lowest BCUT2D eigenvalue weighted by atomic mass is 9.62. The van der Waals surface area contributed by atoms with Gasteiger partial charge >= 0.3 is 5.97 Å². The Morgan fingerprint density at radius 3 is 2.13 bits per heavy atom. The number of para-hydroxylation sites is 1. The number of nitrogens with zero attached hydrogens (tertiary/aromatic N) is 2. The number of amides is 2. The molecule has 5 aromatic carbocycles. The predicted molar refractivity (Wildman–Crippen MR) is 229 cm³/mol. The minimum absolute atomic E-state index is 0.00416. The summed E-state index contributed by atoms with van der Waals surface area (Å²) >= 11 is 0. The van der Waals surface area contributed by atoms with Crippen LogP contribution in [0, 0.1) is 5.41 Å². The van der Waals surface area contributed by atoms with Gasteiger partial charge in [-0.05, 0) is 34.7 Å². The molecule has 5 aromatic rings. The van der Waals surface area contributed by atoms with Crippen molar-refractivity contribution in [2.45, 2.75) is 68.1 Å². The molecule has 9 rings (SSSR count). The van der Waals surface area contributed by atoms with E-state index in [4.69, 9.17) is 19.0 Å². The minimum Gasteiger partial charge on any atom is -0.508 e. The van der Waals surface area contributed by atoms with Crippen molar-refractivity contribution in [2.75, 3.05) is 20.2 Å². The third-order valence-corrected chi connectivity index (χ3v) is 12.6. The Bertz CT molecular complexity index is 2390. The molecule has 3 heterocycles. The number of ether oxygens (including phenoxy) is 3. The second kappa shape index (κ2) is 17.3. The second-order valence-corrected chi connectivity index (χ2v) is 16.3. The van der Waals surface area contributed by atoms with Crippen LogP contribution in [-0.4, -0.2) is 94.7 Å². The Hall–Kier alpha value is -6.15. The summed E-state index contributed by atoms with van der Waals surface area (Å²) in [4.78, 5) is 52.8. The van der Waals surface area contributed by atoms with Crippen molar-refractivity contribution in [2.24, 2.45) is 5.41 Å². The molecule has 2 amide bonds. The highest BCUT2D eigenvalue weighted by molar-refractivity contribution is 5.96. The van der Waals surface area contributed by atoms with Crippen LogP contribution in [0.3, 0.4) is 0 Å². The number of hydrogen-bond donors (Lipinski definition) is 3. The summed E-state index contributed by atoms with van der Waals surface area (Å²) in [5, 5.41) is 24.3. The number of aliphatic hydroxyl groups excluding tert-OH is 1. The maximum absolute atomic E-state index is 15.8. The molecular weight excluding hydrogens is 787 g/mol. The van der Waals surface area contributed by atoms with E-state index in [1.807, 2.05) is 140 Å². The number of carbonyl (C=O) groups is 3. The van der Waals surface area contributed by atoms with Crippen molar-refractivity contribution in [3.8, 4) is 5.75 Å². The van der Waals surface area contributed by atoms with Gasteiger partial charge in [0.25, 0.3) is 0 Å². The first-order valence-electron chi connectivity index (χ1n) is 21.0. The molecule has 0 spiro atoms. The molecule has 7 atom stereocenters. The van der Waals surface area contributed by atoms with E-state index in [-0.39, 0.29) is 38.3 Å². The SMILES string of the molecule is CN(C(=O)C12CC3OC(=O)C1N(Cc1ccccc1C=CCc1ccccc1O)OC2C1OC(c2ccccc2)(c2ccccc2)OC31)C(Cc1ccccc1)C(=O)NCCO. The highest BCUT2D eigenvalue weighted by Crippen LogP contribution is 2.60. The Labute approximate surface area is 360 Å². The van der Waals surface area contributed by atoms with Crippen molar-refractivity contribution in [3.05, 3.63) is 179 Å². The molecule has 1 saturated carbocycles. The van der Waals surface area contributed by atoms with Gasteiger partial charge in [-0.25, -0.2) is 0 Å². The monoisotopic (exact) mass is 835 g/mol. The quantitative estimate of drug-likeness (QED) is 0.126. The van der Waals surface area contributed by atoms with Crippen molar-refractivity contribution < 1.29 is 43.6 Å². The van der Waals surface area contributed by atoms with Gasteiger partial charge in [-0.15, -0.1) is 0 Å². The van der Waals surface area contributed by atoms with Crippen LogP contribution >= 0.6 is 0 Å². The number of rotatable bonds is 14. The summed E-state index contributed by atoms with van der Waals surface area (Å²) in [6, 6.07) is 41.2. The summed E-state index contributed by atoms with van der Waals surface area (Å²) in [6.45, 7) is -0.172. The molecule has 2 bridgehead atoms. The lowest BCUT2D eigenvalue weighted by Crippen LogP contribution is -2.70. The lowest BCUT2D eigenvalue weighted by molar-refractivity contribution is -0.214. The summed E-state index contributed by atoms with van der Waals surface area (Å²) in [7, 11) is 1.59. The summed E-state index contributed by atoms with van der Waals surface area (Å²) < 4.78 is 20.5. The molecule has 0 radical (unpaired) electrons. The third kappa shape index (κ3) is 7.37. The van der Waals surface area contributed by atoms with Gasteiger partial charge in [0.05, 0.1) is 13.2 Å². The van der Waals surface area contributed by atoms with Crippen LogP contribution in [0.5, 0.6) is 5.75 Å². The largest absolute Gasteiger partial charge is 0.508 e. The number of likely N-dealkylation sites (N-methyl/N-ethyl adjacent to an activating group) is 1. The lowest BCUT2D eigenvalue weighted by Gasteiger charge is -2.50. The van der Waals surface area contributed by atoms with Crippen molar-refractivity contribution >= 4 is 23.9 Å². The number of phenolic OH excluding ortho intramolecular Hbond substituents is 1. The molecule has 7 unspecified atom stereocenters. The molecule has 1 aliphatic carbocycles.